The molecule has 0 aromatic rings. The Morgan fingerprint density at radius 1 is 1.36 bits per heavy atom. The predicted molar refractivity (Wildman–Crippen MR) is 42.2 cm³/mol. The van der Waals surface area contributed by atoms with E-state index in [0.717, 1.165) is 26.1 Å². The number of likely N-dealkylation sites (N-methyl/N-ethyl adjacent to an activating group) is 1. The molecule has 1 amide bonds. The third kappa shape index (κ3) is 1.03. The van der Waals surface area contributed by atoms with Gasteiger partial charge in [-0.15, -0.1) is 0 Å². The molecule has 2 aliphatic rings. The lowest BCUT2D eigenvalue weighted by atomic mass is 10.1. The van der Waals surface area contributed by atoms with Gasteiger partial charge in [0.1, 0.15) is 0 Å². The molecule has 0 aromatic carbocycles. The summed E-state index contributed by atoms with van der Waals surface area (Å²) in [5, 5.41) is 0. The monoisotopic (exact) mass is 154 g/mol. The maximum Gasteiger partial charge on any atom is 0.239 e. The third-order valence-electron chi connectivity index (χ3n) is 2.75. The van der Waals surface area contributed by atoms with Gasteiger partial charge in [0.05, 0.1) is 6.04 Å². The summed E-state index contributed by atoms with van der Waals surface area (Å²) in [6.07, 6.45) is 2.27. The molecule has 3 heteroatoms. The van der Waals surface area contributed by atoms with E-state index < -0.39 is 0 Å². The Kier molecular flexibility index (Phi) is 1.60. The summed E-state index contributed by atoms with van der Waals surface area (Å²) >= 11 is 0. The first-order chi connectivity index (χ1) is 5.29. The van der Waals surface area contributed by atoms with Gasteiger partial charge in [0.25, 0.3) is 0 Å². The van der Waals surface area contributed by atoms with Crippen molar-refractivity contribution in [2.45, 2.75) is 18.9 Å². The molecule has 1 unspecified atom stereocenters. The Morgan fingerprint density at radius 3 is 3.00 bits per heavy atom. The molecule has 2 saturated heterocycles. The Morgan fingerprint density at radius 2 is 2.18 bits per heavy atom. The molecule has 2 fully saturated rings. The van der Waals surface area contributed by atoms with Crippen LogP contribution < -0.4 is 0 Å². The zero-order valence-electron chi connectivity index (χ0n) is 6.92. The molecule has 0 spiro atoms. The summed E-state index contributed by atoms with van der Waals surface area (Å²) in [5.41, 5.74) is 0. The van der Waals surface area contributed by atoms with Crippen LogP contribution in [0.4, 0.5) is 0 Å². The molecule has 2 rings (SSSR count). The second kappa shape index (κ2) is 2.48. The van der Waals surface area contributed by atoms with Gasteiger partial charge in [0.2, 0.25) is 5.91 Å². The molecule has 11 heavy (non-hydrogen) atoms. The Balaban J connectivity index is 2.12. The van der Waals surface area contributed by atoms with Crippen LogP contribution in [0.5, 0.6) is 0 Å². The first-order valence-corrected chi connectivity index (χ1v) is 4.28. The Bertz CT molecular complexity index is 181. The van der Waals surface area contributed by atoms with Gasteiger partial charge in [0, 0.05) is 20.1 Å². The van der Waals surface area contributed by atoms with Crippen molar-refractivity contribution in [3.63, 3.8) is 0 Å². The largest absolute Gasteiger partial charge is 0.343 e. The van der Waals surface area contributed by atoms with E-state index >= 15 is 0 Å². The summed E-state index contributed by atoms with van der Waals surface area (Å²) in [5.74, 6) is 0.328. The molecule has 2 aliphatic heterocycles. The lowest BCUT2D eigenvalue weighted by molar-refractivity contribution is -0.138. The van der Waals surface area contributed by atoms with Crippen molar-refractivity contribution in [3.05, 3.63) is 0 Å². The minimum absolute atomic E-state index is 0.230. The second-order valence-corrected chi connectivity index (χ2v) is 3.45. The van der Waals surface area contributed by atoms with Crippen LogP contribution in [0.15, 0.2) is 0 Å². The zero-order chi connectivity index (χ0) is 7.84. The van der Waals surface area contributed by atoms with E-state index in [9.17, 15) is 4.79 Å². The molecule has 3 nitrogen and oxygen atoms in total. The molecule has 2 heterocycles. The molecular formula is C8H14N2O. The highest BCUT2D eigenvalue weighted by atomic mass is 16.2. The standard InChI is InChI=1S/C8H14N2O/c1-9-5-6-10-4-2-3-7(10)8(9)11/h7H,2-6H2,1H3. The average molecular weight is 154 g/mol. The van der Waals surface area contributed by atoms with E-state index in [1.54, 1.807) is 0 Å². The number of hydrogen-bond donors (Lipinski definition) is 0. The molecule has 0 N–H and O–H groups in total. The van der Waals surface area contributed by atoms with Crippen molar-refractivity contribution in [1.82, 2.24) is 9.80 Å². The highest BCUT2D eigenvalue weighted by molar-refractivity contribution is 5.82. The summed E-state index contributed by atoms with van der Waals surface area (Å²) in [7, 11) is 1.90. The molecule has 1 atom stereocenters. The van der Waals surface area contributed by atoms with Crippen LogP contribution in [0, 0.1) is 0 Å². The Hall–Kier alpha value is -0.570. The van der Waals surface area contributed by atoms with E-state index in [1.165, 1.54) is 6.42 Å². The topological polar surface area (TPSA) is 23.6 Å². The van der Waals surface area contributed by atoms with E-state index in [2.05, 4.69) is 4.90 Å². The van der Waals surface area contributed by atoms with Crippen molar-refractivity contribution >= 4 is 5.91 Å². The first-order valence-electron chi connectivity index (χ1n) is 4.28. The van der Waals surface area contributed by atoms with Crippen molar-refractivity contribution in [1.29, 1.82) is 0 Å². The van der Waals surface area contributed by atoms with Gasteiger partial charge in [-0.3, -0.25) is 9.69 Å². The molecule has 0 saturated carbocycles. The molecule has 0 bridgehead atoms. The lowest BCUT2D eigenvalue weighted by Crippen LogP contribution is -2.52. The van der Waals surface area contributed by atoms with Crippen LogP contribution >= 0.6 is 0 Å². The molecular weight excluding hydrogens is 140 g/mol. The molecule has 62 valence electrons. The lowest BCUT2D eigenvalue weighted by Gasteiger charge is -2.34. The number of amides is 1. The maximum absolute atomic E-state index is 11.5. The summed E-state index contributed by atoms with van der Waals surface area (Å²) in [4.78, 5) is 15.7. The molecule has 0 radical (unpaired) electrons. The normalized spacial score (nSPS) is 32.6. The summed E-state index contributed by atoms with van der Waals surface area (Å²) in [6.45, 7) is 3.12. The van der Waals surface area contributed by atoms with Crippen LogP contribution in [0.1, 0.15) is 12.8 Å². The average Bonchev–Trinajstić information content (AvgIpc) is 2.45. The quantitative estimate of drug-likeness (QED) is 0.487. The van der Waals surface area contributed by atoms with Crippen LogP contribution in [-0.2, 0) is 4.79 Å². The van der Waals surface area contributed by atoms with Crippen molar-refractivity contribution in [2.75, 3.05) is 26.7 Å². The second-order valence-electron chi connectivity index (χ2n) is 3.45. The smallest absolute Gasteiger partial charge is 0.239 e. The summed E-state index contributed by atoms with van der Waals surface area (Å²) in [6, 6.07) is 0.230. The molecule has 0 aliphatic carbocycles. The van der Waals surface area contributed by atoms with Gasteiger partial charge in [0.15, 0.2) is 0 Å². The number of fused-ring (bicyclic) bond motifs is 1. The number of carbonyl (C=O) groups excluding carboxylic acids is 1. The fraction of sp³-hybridized carbons (Fsp3) is 0.875. The third-order valence-corrected chi connectivity index (χ3v) is 2.75. The highest BCUT2D eigenvalue weighted by Crippen LogP contribution is 2.21. The van der Waals surface area contributed by atoms with Crippen LogP contribution in [0.3, 0.4) is 0 Å². The highest BCUT2D eigenvalue weighted by Gasteiger charge is 2.35. The van der Waals surface area contributed by atoms with Gasteiger partial charge in [-0.25, -0.2) is 0 Å². The van der Waals surface area contributed by atoms with Crippen LogP contribution in [-0.4, -0.2) is 48.4 Å². The minimum atomic E-state index is 0.230. The van der Waals surface area contributed by atoms with E-state index in [4.69, 9.17) is 0 Å². The van der Waals surface area contributed by atoms with Crippen molar-refractivity contribution in [2.24, 2.45) is 0 Å². The fourth-order valence-corrected chi connectivity index (χ4v) is 2.02. The fourth-order valence-electron chi connectivity index (χ4n) is 2.02. The maximum atomic E-state index is 11.5. The Labute approximate surface area is 67.0 Å². The summed E-state index contributed by atoms with van der Waals surface area (Å²) < 4.78 is 0. The van der Waals surface area contributed by atoms with Crippen LogP contribution in [0.2, 0.25) is 0 Å². The number of piperazine rings is 1. The minimum Gasteiger partial charge on any atom is -0.343 e. The first kappa shape index (κ1) is 7.10. The molecule has 0 aromatic heterocycles. The van der Waals surface area contributed by atoms with Gasteiger partial charge < -0.3 is 4.90 Å². The number of nitrogens with zero attached hydrogens (tertiary/aromatic N) is 2. The van der Waals surface area contributed by atoms with Crippen molar-refractivity contribution < 1.29 is 4.79 Å². The predicted octanol–water partition coefficient (Wildman–Crippen LogP) is -0.0772. The number of carbonyl (C=O) groups is 1. The van der Waals surface area contributed by atoms with E-state index in [-0.39, 0.29) is 6.04 Å². The van der Waals surface area contributed by atoms with Gasteiger partial charge >= 0.3 is 0 Å². The van der Waals surface area contributed by atoms with E-state index in [0.29, 0.717) is 5.91 Å². The number of hydrogen-bond acceptors (Lipinski definition) is 2. The van der Waals surface area contributed by atoms with Gasteiger partial charge in [-0.2, -0.15) is 0 Å². The van der Waals surface area contributed by atoms with Gasteiger partial charge in [-0.1, -0.05) is 0 Å². The van der Waals surface area contributed by atoms with Crippen LogP contribution in [0.25, 0.3) is 0 Å². The number of rotatable bonds is 0. The van der Waals surface area contributed by atoms with Crippen molar-refractivity contribution in [3.8, 4) is 0 Å². The zero-order valence-corrected chi connectivity index (χ0v) is 6.92. The van der Waals surface area contributed by atoms with Gasteiger partial charge in [-0.05, 0) is 19.4 Å². The van der Waals surface area contributed by atoms with E-state index in [1.807, 2.05) is 11.9 Å². The SMILES string of the molecule is CN1CCN2CCCC2C1=O.